The zero-order valence-corrected chi connectivity index (χ0v) is 15.7. The van der Waals surface area contributed by atoms with Crippen molar-refractivity contribution in [1.29, 1.82) is 0 Å². The van der Waals surface area contributed by atoms with Crippen LogP contribution in [0.1, 0.15) is 40.2 Å². The van der Waals surface area contributed by atoms with Crippen LogP contribution >= 0.6 is 0 Å². The number of nitrogens with one attached hydrogen (secondary N) is 1. The van der Waals surface area contributed by atoms with E-state index in [0.29, 0.717) is 0 Å². The molecule has 0 heterocycles. The van der Waals surface area contributed by atoms with Gasteiger partial charge in [0.25, 0.3) is 5.69 Å². The van der Waals surface area contributed by atoms with Crippen LogP contribution in [0.15, 0.2) is 18.2 Å². The van der Waals surface area contributed by atoms with Gasteiger partial charge in [-0.1, -0.05) is 27.7 Å². The Bertz CT molecular complexity index is 786. The predicted molar refractivity (Wildman–Crippen MR) is 92.3 cm³/mol. The minimum atomic E-state index is -3.62. The van der Waals surface area contributed by atoms with Crippen molar-refractivity contribution in [3.05, 3.63) is 39.7 Å². The number of nitro benzene ring substituents is 1. The molecule has 1 rings (SSSR count). The molecule has 0 saturated heterocycles. The highest BCUT2D eigenvalue weighted by atomic mass is 32.2. The summed E-state index contributed by atoms with van der Waals surface area (Å²) in [5, 5.41) is 13.6. The van der Waals surface area contributed by atoms with Gasteiger partial charge in [-0.05, 0) is 13.0 Å². The first-order chi connectivity index (χ1) is 11.2. The SMILES string of the molecule is CCS(=O)(=O)C[C@](C)(NC(=O)C(C)(C)C)c1cc([N+](=O)[O-])ccc1F. The molecule has 0 aromatic heterocycles. The van der Waals surface area contributed by atoms with E-state index in [9.17, 15) is 27.7 Å². The fourth-order valence-electron chi connectivity index (χ4n) is 2.21. The van der Waals surface area contributed by atoms with E-state index in [4.69, 9.17) is 0 Å². The van der Waals surface area contributed by atoms with Crippen LogP contribution in [-0.2, 0) is 20.2 Å². The lowest BCUT2D eigenvalue weighted by molar-refractivity contribution is -0.385. The van der Waals surface area contributed by atoms with Crippen LogP contribution in [0, 0.1) is 21.3 Å². The number of carbonyl (C=O) groups is 1. The smallest absolute Gasteiger partial charge is 0.269 e. The minimum Gasteiger partial charge on any atom is -0.345 e. The van der Waals surface area contributed by atoms with Crippen LogP contribution in [0.2, 0.25) is 0 Å². The van der Waals surface area contributed by atoms with E-state index >= 15 is 0 Å². The highest BCUT2D eigenvalue weighted by molar-refractivity contribution is 7.91. The Morgan fingerprint density at radius 2 is 1.84 bits per heavy atom. The van der Waals surface area contributed by atoms with E-state index in [1.807, 2.05) is 0 Å². The van der Waals surface area contributed by atoms with E-state index in [-0.39, 0.29) is 17.0 Å². The second kappa shape index (κ2) is 7.07. The maximum atomic E-state index is 14.4. The van der Waals surface area contributed by atoms with Gasteiger partial charge < -0.3 is 5.32 Å². The van der Waals surface area contributed by atoms with E-state index in [1.54, 1.807) is 20.8 Å². The summed E-state index contributed by atoms with van der Waals surface area (Å²) in [7, 11) is -3.62. The Morgan fingerprint density at radius 3 is 2.28 bits per heavy atom. The summed E-state index contributed by atoms with van der Waals surface area (Å²) >= 11 is 0. The summed E-state index contributed by atoms with van der Waals surface area (Å²) in [5.41, 5.74) is -3.12. The molecular weight excluding hydrogens is 351 g/mol. The molecule has 1 aromatic rings. The van der Waals surface area contributed by atoms with Crippen molar-refractivity contribution in [2.45, 2.75) is 40.2 Å². The first-order valence-electron chi connectivity index (χ1n) is 7.69. The number of hydrogen-bond acceptors (Lipinski definition) is 5. The van der Waals surface area contributed by atoms with Gasteiger partial charge in [0.2, 0.25) is 5.91 Å². The topological polar surface area (TPSA) is 106 Å². The summed E-state index contributed by atoms with van der Waals surface area (Å²) in [6.45, 7) is 7.67. The zero-order chi connectivity index (χ0) is 19.6. The number of rotatable bonds is 6. The molecule has 25 heavy (non-hydrogen) atoms. The van der Waals surface area contributed by atoms with Gasteiger partial charge in [-0.3, -0.25) is 14.9 Å². The van der Waals surface area contributed by atoms with E-state index in [2.05, 4.69) is 5.32 Å². The average molecular weight is 374 g/mol. The number of nitro groups is 1. The molecule has 0 aliphatic carbocycles. The van der Waals surface area contributed by atoms with Crippen molar-refractivity contribution < 1.29 is 22.5 Å². The number of benzene rings is 1. The second-order valence-electron chi connectivity index (χ2n) is 7.13. The molecule has 1 amide bonds. The maximum absolute atomic E-state index is 14.4. The van der Waals surface area contributed by atoms with Crippen LogP contribution in [0.4, 0.5) is 10.1 Å². The standard InChI is InChI=1S/C16H23FN2O5S/c1-6-25(23,24)10-16(5,18-14(20)15(2,3)4)12-9-11(19(21)22)7-8-13(12)17/h7-9H,6,10H2,1-5H3,(H,18,20)/t16-/m0/s1. The molecule has 0 aliphatic heterocycles. The van der Waals surface area contributed by atoms with Crippen LogP contribution in [0.3, 0.4) is 0 Å². The maximum Gasteiger partial charge on any atom is 0.269 e. The van der Waals surface area contributed by atoms with Crippen LogP contribution < -0.4 is 5.32 Å². The number of amides is 1. The highest BCUT2D eigenvalue weighted by Gasteiger charge is 2.39. The van der Waals surface area contributed by atoms with Gasteiger partial charge in [0.15, 0.2) is 9.84 Å². The van der Waals surface area contributed by atoms with Crippen molar-refractivity contribution in [2.75, 3.05) is 11.5 Å². The number of sulfone groups is 1. The van der Waals surface area contributed by atoms with Gasteiger partial charge in [-0.15, -0.1) is 0 Å². The molecule has 0 fully saturated rings. The molecule has 140 valence electrons. The summed E-state index contributed by atoms with van der Waals surface area (Å²) in [6, 6.07) is 2.84. The van der Waals surface area contributed by atoms with Gasteiger partial charge in [0.05, 0.1) is 16.2 Å². The quantitative estimate of drug-likeness (QED) is 0.608. The zero-order valence-electron chi connectivity index (χ0n) is 14.9. The highest BCUT2D eigenvalue weighted by Crippen LogP contribution is 2.30. The lowest BCUT2D eigenvalue weighted by atomic mass is 9.89. The number of halogens is 1. The van der Waals surface area contributed by atoms with Crippen molar-refractivity contribution in [1.82, 2.24) is 5.32 Å². The number of hydrogen-bond donors (Lipinski definition) is 1. The van der Waals surface area contributed by atoms with Crippen molar-refractivity contribution in [2.24, 2.45) is 5.41 Å². The Kier molecular flexibility index (Phi) is 5.94. The molecule has 0 unspecified atom stereocenters. The van der Waals surface area contributed by atoms with Gasteiger partial charge >= 0.3 is 0 Å². The number of carbonyl (C=O) groups excluding carboxylic acids is 1. The Balaban J connectivity index is 3.54. The Hall–Kier alpha value is -2.03. The predicted octanol–water partition coefficient (Wildman–Crippen LogP) is 2.55. The molecule has 1 atom stereocenters. The Morgan fingerprint density at radius 1 is 1.28 bits per heavy atom. The molecule has 1 N–H and O–H groups in total. The monoisotopic (exact) mass is 374 g/mol. The summed E-state index contributed by atoms with van der Waals surface area (Å²) < 4.78 is 38.7. The molecule has 0 aliphatic rings. The normalized spacial score (nSPS) is 14.6. The van der Waals surface area contributed by atoms with Crippen molar-refractivity contribution in [3.63, 3.8) is 0 Å². The molecule has 0 saturated carbocycles. The van der Waals surface area contributed by atoms with Gasteiger partial charge in [-0.25, -0.2) is 12.8 Å². The summed E-state index contributed by atoms with van der Waals surface area (Å²) in [6.07, 6.45) is 0. The van der Waals surface area contributed by atoms with Crippen molar-refractivity contribution >= 4 is 21.4 Å². The molecule has 0 bridgehead atoms. The molecule has 7 nitrogen and oxygen atoms in total. The molecule has 0 radical (unpaired) electrons. The van der Waals surface area contributed by atoms with Gasteiger partial charge in [0.1, 0.15) is 5.82 Å². The van der Waals surface area contributed by atoms with Crippen molar-refractivity contribution in [3.8, 4) is 0 Å². The summed E-state index contributed by atoms with van der Waals surface area (Å²) in [5.74, 6) is -2.10. The fourth-order valence-corrected chi connectivity index (χ4v) is 3.52. The summed E-state index contributed by atoms with van der Waals surface area (Å²) in [4.78, 5) is 22.7. The van der Waals surface area contributed by atoms with Crippen LogP contribution in [-0.4, -0.2) is 30.8 Å². The molecular formula is C16H23FN2O5S. The third kappa shape index (κ3) is 5.22. The molecule has 1 aromatic carbocycles. The largest absolute Gasteiger partial charge is 0.345 e. The number of non-ortho nitro benzene ring substituents is 1. The van der Waals surface area contributed by atoms with E-state index in [0.717, 1.165) is 18.2 Å². The number of nitrogens with zero attached hydrogens (tertiary/aromatic N) is 1. The lowest BCUT2D eigenvalue weighted by Gasteiger charge is -2.34. The third-order valence-corrected chi connectivity index (χ3v) is 5.67. The van der Waals surface area contributed by atoms with E-state index in [1.165, 1.54) is 13.8 Å². The first-order valence-corrected chi connectivity index (χ1v) is 9.51. The van der Waals surface area contributed by atoms with Crippen LogP contribution in [0.5, 0.6) is 0 Å². The fraction of sp³-hybridized carbons (Fsp3) is 0.562. The molecule has 0 spiro atoms. The Labute approximate surface area is 146 Å². The molecule has 9 heteroatoms. The van der Waals surface area contributed by atoms with Crippen LogP contribution in [0.25, 0.3) is 0 Å². The lowest BCUT2D eigenvalue weighted by Crippen LogP contribution is -2.52. The minimum absolute atomic E-state index is 0.204. The first kappa shape index (κ1) is 21.0. The average Bonchev–Trinajstić information content (AvgIpc) is 2.45. The van der Waals surface area contributed by atoms with Gasteiger partial charge in [-0.2, -0.15) is 0 Å². The third-order valence-electron chi connectivity index (χ3n) is 3.77. The second-order valence-corrected chi connectivity index (χ2v) is 9.49. The van der Waals surface area contributed by atoms with E-state index < -0.39 is 43.2 Å². The van der Waals surface area contributed by atoms with Gasteiger partial charge in [0, 0.05) is 28.9 Å².